The van der Waals surface area contributed by atoms with Crippen LogP contribution in [-0.2, 0) is 4.79 Å². The first-order valence-electron chi connectivity index (χ1n) is 4.95. The SMILES string of the molecule is CCC(=O)NN1CCCN(C)CC1. The molecule has 4 nitrogen and oxygen atoms in total. The second kappa shape index (κ2) is 5.19. The number of carbonyl (C=O) groups is 1. The van der Waals surface area contributed by atoms with Crippen LogP contribution in [0.5, 0.6) is 0 Å². The summed E-state index contributed by atoms with van der Waals surface area (Å²) in [4.78, 5) is 13.4. The van der Waals surface area contributed by atoms with Gasteiger partial charge in [-0.05, 0) is 20.0 Å². The second-order valence-electron chi connectivity index (χ2n) is 3.53. The smallest absolute Gasteiger partial charge is 0.233 e. The van der Waals surface area contributed by atoms with Gasteiger partial charge in [-0.3, -0.25) is 10.2 Å². The third-order valence-electron chi connectivity index (χ3n) is 2.32. The Bertz CT molecular complexity index is 172. The van der Waals surface area contributed by atoms with Gasteiger partial charge < -0.3 is 4.90 Å². The maximum Gasteiger partial charge on any atom is 0.233 e. The van der Waals surface area contributed by atoms with Gasteiger partial charge >= 0.3 is 0 Å². The van der Waals surface area contributed by atoms with E-state index in [-0.39, 0.29) is 5.91 Å². The van der Waals surface area contributed by atoms with Crippen LogP contribution in [0.4, 0.5) is 0 Å². The number of rotatable bonds is 2. The van der Waals surface area contributed by atoms with Gasteiger partial charge in [0.15, 0.2) is 0 Å². The first-order valence-corrected chi connectivity index (χ1v) is 4.95. The average Bonchev–Trinajstić information content (AvgIpc) is 2.31. The van der Waals surface area contributed by atoms with E-state index in [4.69, 9.17) is 0 Å². The molecule has 4 heteroatoms. The van der Waals surface area contributed by atoms with Crippen LogP contribution in [0.3, 0.4) is 0 Å². The van der Waals surface area contributed by atoms with Crippen molar-refractivity contribution >= 4 is 5.91 Å². The average molecular weight is 185 g/mol. The lowest BCUT2D eigenvalue weighted by atomic mass is 10.4. The summed E-state index contributed by atoms with van der Waals surface area (Å²) < 4.78 is 0. The standard InChI is InChI=1S/C9H19N3O/c1-3-9(13)10-12-6-4-5-11(2)7-8-12/h3-8H2,1-2H3,(H,10,13). The van der Waals surface area contributed by atoms with Crippen LogP contribution < -0.4 is 5.43 Å². The number of nitrogens with zero attached hydrogens (tertiary/aromatic N) is 2. The molecule has 1 fully saturated rings. The van der Waals surface area contributed by atoms with Gasteiger partial charge in [0.1, 0.15) is 0 Å². The zero-order valence-electron chi connectivity index (χ0n) is 8.55. The lowest BCUT2D eigenvalue weighted by Crippen LogP contribution is -2.43. The van der Waals surface area contributed by atoms with E-state index in [2.05, 4.69) is 17.4 Å². The van der Waals surface area contributed by atoms with Crippen molar-refractivity contribution in [3.05, 3.63) is 0 Å². The molecule has 1 amide bonds. The number of carbonyl (C=O) groups excluding carboxylic acids is 1. The van der Waals surface area contributed by atoms with Crippen LogP contribution in [0.15, 0.2) is 0 Å². The summed E-state index contributed by atoms with van der Waals surface area (Å²) in [6.07, 6.45) is 1.69. The minimum absolute atomic E-state index is 0.115. The molecule has 1 aliphatic rings. The minimum atomic E-state index is 0.115. The van der Waals surface area contributed by atoms with Crippen molar-refractivity contribution in [3.8, 4) is 0 Å². The van der Waals surface area contributed by atoms with Crippen molar-refractivity contribution in [1.29, 1.82) is 0 Å². The van der Waals surface area contributed by atoms with Gasteiger partial charge in [-0.2, -0.15) is 0 Å². The molecule has 76 valence electrons. The molecule has 1 saturated heterocycles. The maximum absolute atomic E-state index is 11.1. The molecule has 1 N–H and O–H groups in total. The molecule has 0 aliphatic carbocycles. The second-order valence-corrected chi connectivity index (χ2v) is 3.53. The molecule has 1 aliphatic heterocycles. The highest BCUT2D eigenvalue weighted by molar-refractivity contribution is 5.74. The quantitative estimate of drug-likeness (QED) is 0.661. The van der Waals surface area contributed by atoms with Crippen LogP contribution in [0.25, 0.3) is 0 Å². The Labute approximate surface area is 79.9 Å². The molecule has 0 spiro atoms. The third kappa shape index (κ3) is 3.74. The molecule has 0 aromatic carbocycles. The van der Waals surface area contributed by atoms with Gasteiger partial charge in [0.2, 0.25) is 5.91 Å². The highest BCUT2D eigenvalue weighted by Gasteiger charge is 2.12. The van der Waals surface area contributed by atoms with Crippen molar-refractivity contribution in [2.75, 3.05) is 33.2 Å². The minimum Gasteiger partial charge on any atom is -0.305 e. The van der Waals surface area contributed by atoms with Gasteiger partial charge in [0.05, 0.1) is 0 Å². The molecular weight excluding hydrogens is 166 g/mol. The van der Waals surface area contributed by atoms with E-state index in [0.717, 1.165) is 32.6 Å². The van der Waals surface area contributed by atoms with Gasteiger partial charge in [-0.15, -0.1) is 0 Å². The Hall–Kier alpha value is -0.610. The lowest BCUT2D eigenvalue weighted by molar-refractivity contribution is -0.125. The fraction of sp³-hybridized carbons (Fsp3) is 0.889. The normalized spacial score (nSPS) is 21.1. The molecule has 0 saturated carbocycles. The van der Waals surface area contributed by atoms with Crippen molar-refractivity contribution in [3.63, 3.8) is 0 Å². The fourth-order valence-electron chi connectivity index (χ4n) is 1.41. The van der Waals surface area contributed by atoms with Crippen LogP contribution in [0, 0.1) is 0 Å². The molecule has 1 heterocycles. The Morgan fingerprint density at radius 2 is 2.08 bits per heavy atom. The summed E-state index contributed by atoms with van der Waals surface area (Å²) >= 11 is 0. The van der Waals surface area contributed by atoms with E-state index < -0.39 is 0 Å². The number of hydrogen-bond donors (Lipinski definition) is 1. The molecule has 13 heavy (non-hydrogen) atoms. The number of likely N-dealkylation sites (N-methyl/N-ethyl adjacent to an activating group) is 1. The lowest BCUT2D eigenvalue weighted by Gasteiger charge is -2.20. The summed E-state index contributed by atoms with van der Waals surface area (Å²) in [6.45, 7) is 5.93. The monoisotopic (exact) mass is 185 g/mol. The predicted molar refractivity (Wildman–Crippen MR) is 52.1 cm³/mol. The Balaban J connectivity index is 2.29. The highest BCUT2D eigenvalue weighted by Crippen LogP contribution is 1.97. The topological polar surface area (TPSA) is 35.6 Å². The van der Waals surface area contributed by atoms with E-state index in [1.54, 1.807) is 0 Å². The molecular formula is C9H19N3O. The van der Waals surface area contributed by atoms with Crippen LogP contribution >= 0.6 is 0 Å². The summed E-state index contributed by atoms with van der Waals surface area (Å²) in [6, 6.07) is 0. The molecule has 0 bridgehead atoms. The molecule has 0 atom stereocenters. The predicted octanol–water partition coefficient (Wildman–Crippen LogP) is 0.0651. The number of amides is 1. The number of hydrazine groups is 1. The van der Waals surface area contributed by atoms with Crippen molar-refractivity contribution in [1.82, 2.24) is 15.3 Å². The molecule has 1 rings (SSSR count). The van der Waals surface area contributed by atoms with Crippen LogP contribution in [0.2, 0.25) is 0 Å². The zero-order valence-corrected chi connectivity index (χ0v) is 8.55. The van der Waals surface area contributed by atoms with Crippen LogP contribution in [0.1, 0.15) is 19.8 Å². The summed E-state index contributed by atoms with van der Waals surface area (Å²) in [7, 11) is 2.12. The first-order chi connectivity index (χ1) is 6.22. The summed E-state index contributed by atoms with van der Waals surface area (Å²) in [5, 5.41) is 2.02. The van der Waals surface area contributed by atoms with E-state index in [1.165, 1.54) is 0 Å². The van der Waals surface area contributed by atoms with E-state index in [0.29, 0.717) is 6.42 Å². The molecule has 0 aromatic heterocycles. The van der Waals surface area contributed by atoms with Crippen molar-refractivity contribution < 1.29 is 4.79 Å². The van der Waals surface area contributed by atoms with Gasteiger partial charge in [0.25, 0.3) is 0 Å². The zero-order chi connectivity index (χ0) is 9.68. The third-order valence-corrected chi connectivity index (χ3v) is 2.32. The Morgan fingerprint density at radius 1 is 1.31 bits per heavy atom. The summed E-state index contributed by atoms with van der Waals surface area (Å²) in [5.41, 5.74) is 2.90. The van der Waals surface area contributed by atoms with E-state index in [1.807, 2.05) is 11.9 Å². The molecule has 0 unspecified atom stereocenters. The first kappa shape index (κ1) is 10.5. The largest absolute Gasteiger partial charge is 0.305 e. The Kier molecular flexibility index (Phi) is 4.18. The van der Waals surface area contributed by atoms with Crippen molar-refractivity contribution in [2.45, 2.75) is 19.8 Å². The highest BCUT2D eigenvalue weighted by atomic mass is 16.2. The number of hydrogen-bond acceptors (Lipinski definition) is 3. The maximum atomic E-state index is 11.1. The fourth-order valence-corrected chi connectivity index (χ4v) is 1.41. The van der Waals surface area contributed by atoms with E-state index in [9.17, 15) is 4.79 Å². The van der Waals surface area contributed by atoms with E-state index >= 15 is 0 Å². The Morgan fingerprint density at radius 3 is 2.77 bits per heavy atom. The summed E-state index contributed by atoms with van der Waals surface area (Å²) in [5.74, 6) is 0.115. The van der Waals surface area contributed by atoms with Crippen molar-refractivity contribution in [2.24, 2.45) is 0 Å². The number of nitrogens with one attached hydrogen (secondary N) is 1. The van der Waals surface area contributed by atoms with Gasteiger partial charge in [-0.1, -0.05) is 6.92 Å². The van der Waals surface area contributed by atoms with Gasteiger partial charge in [-0.25, -0.2) is 5.01 Å². The molecule has 0 aromatic rings. The van der Waals surface area contributed by atoms with Crippen LogP contribution in [-0.4, -0.2) is 49.0 Å². The molecule has 0 radical (unpaired) electrons. The van der Waals surface area contributed by atoms with Gasteiger partial charge in [0, 0.05) is 26.1 Å².